The summed E-state index contributed by atoms with van der Waals surface area (Å²) in [7, 11) is -1.09. The maximum Gasteiger partial charge on any atom is 0.306 e. The Kier molecular flexibility index (Phi) is 3.62. The first-order valence-electron chi connectivity index (χ1n) is 5.71. The van der Waals surface area contributed by atoms with E-state index in [0.29, 0.717) is 12.2 Å². The number of esters is 1. The highest BCUT2D eigenvalue weighted by Crippen LogP contribution is 2.23. The Morgan fingerprint density at radius 2 is 2.00 bits per heavy atom. The maximum absolute atomic E-state index is 12.1. The lowest BCUT2D eigenvalue weighted by Crippen LogP contribution is -2.22. The number of rotatable bonds is 3. The smallest absolute Gasteiger partial charge is 0.306 e. The van der Waals surface area contributed by atoms with E-state index in [4.69, 9.17) is 4.74 Å². The van der Waals surface area contributed by atoms with Gasteiger partial charge in [-0.15, -0.1) is 0 Å². The van der Waals surface area contributed by atoms with Crippen LogP contribution in [0.15, 0.2) is 29.2 Å². The Labute approximate surface area is 104 Å². The summed E-state index contributed by atoms with van der Waals surface area (Å²) in [5, 5.41) is 0. The Morgan fingerprint density at radius 3 is 2.53 bits per heavy atom. The minimum atomic E-state index is -1.09. The van der Waals surface area contributed by atoms with Gasteiger partial charge in [0.05, 0.1) is 23.0 Å². The summed E-state index contributed by atoms with van der Waals surface area (Å²) in [6, 6.07) is 7.62. The van der Waals surface area contributed by atoms with Crippen molar-refractivity contribution in [2.24, 2.45) is 5.92 Å². The van der Waals surface area contributed by atoms with Gasteiger partial charge in [-0.05, 0) is 19.1 Å². The van der Waals surface area contributed by atoms with Gasteiger partial charge in [0.1, 0.15) is 6.10 Å². The van der Waals surface area contributed by atoms with Crippen LogP contribution in [0, 0.1) is 12.8 Å². The predicted molar refractivity (Wildman–Crippen MR) is 66.1 cm³/mol. The van der Waals surface area contributed by atoms with Crippen LogP contribution in [0.2, 0.25) is 0 Å². The highest BCUT2D eigenvalue weighted by molar-refractivity contribution is 7.85. The molecule has 17 heavy (non-hydrogen) atoms. The summed E-state index contributed by atoms with van der Waals surface area (Å²) in [4.78, 5) is 11.9. The molecule has 0 unspecified atom stereocenters. The number of aryl methyl sites for hydroxylation is 1. The summed E-state index contributed by atoms with van der Waals surface area (Å²) >= 11 is 0. The highest BCUT2D eigenvalue weighted by Gasteiger charge is 2.32. The second-order valence-corrected chi connectivity index (χ2v) is 6.03. The van der Waals surface area contributed by atoms with Crippen molar-refractivity contribution < 1.29 is 13.7 Å². The molecule has 92 valence electrons. The van der Waals surface area contributed by atoms with Crippen molar-refractivity contribution in [1.29, 1.82) is 0 Å². The van der Waals surface area contributed by atoms with Crippen molar-refractivity contribution >= 4 is 16.8 Å². The Morgan fingerprint density at radius 1 is 1.35 bits per heavy atom. The molecule has 0 amide bonds. The molecular weight excluding hydrogens is 236 g/mol. The van der Waals surface area contributed by atoms with Crippen molar-refractivity contribution in [2.75, 3.05) is 5.75 Å². The zero-order valence-electron chi connectivity index (χ0n) is 10.0. The first kappa shape index (κ1) is 12.3. The van der Waals surface area contributed by atoms with Gasteiger partial charge in [-0.2, -0.15) is 0 Å². The van der Waals surface area contributed by atoms with Crippen molar-refractivity contribution in [2.45, 2.75) is 31.3 Å². The summed E-state index contributed by atoms with van der Waals surface area (Å²) in [5.41, 5.74) is 1.14. The van der Waals surface area contributed by atoms with E-state index in [1.54, 1.807) is 0 Å². The number of carbonyl (C=O) groups is 1. The standard InChI is InChI=1S/C13H16O3S/c1-9-3-5-11(6-4-9)17(15)8-12-10(2)7-13(14)16-12/h3-6,10,12H,7-8H2,1-2H3/t10-,12+,17+/m0/s1. The first-order chi connectivity index (χ1) is 8.06. The summed E-state index contributed by atoms with van der Waals surface area (Å²) in [6.07, 6.45) is 0.236. The Bertz CT molecular complexity index is 438. The zero-order valence-corrected chi connectivity index (χ0v) is 10.8. The Hall–Kier alpha value is -1.16. The molecule has 0 aromatic heterocycles. The molecule has 1 saturated heterocycles. The molecule has 1 aliphatic heterocycles. The molecule has 1 fully saturated rings. The van der Waals surface area contributed by atoms with Gasteiger partial charge in [0.15, 0.2) is 0 Å². The van der Waals surface area contributed by atoms with Gasteiger partial charge in [-0.25, -0.2) is 0 Å². The molecule has 0 saturated carbocycles. The molecular formula is C13H16O3S. The zero-order chi connectivity index (χ0) is 12.4. The van der Waals surface area contributed by atoms with Gasteiger partial charge in [-0.3, -0.25) is 9.00 Å². The van der Waals surface area contributed by atoms with E-state index >= 15 is 0 Å². The number of hydrogen-bond donors (Lipinski definition) is 0. The highest BCUT2D eigenvalue weighted by atomic mass is 32.2. The molecule has 0 spiro atoms. The number of cyclic esters (lactones) is 1. The second kappa shape index (κ2) is 5.00. The number of hydrogen-bond acceptors (Lipinski definition) is 3. The maximum atomic E-state index is 12.1. The van der Waals surface area contributed by atoms with Crippen LogP contribution >= 0.6 is 0 Å². The van der Waals surface area contributed by atoms with E-state index in [9.17, 15) is 9.00 Å². The van der Waals surface area contributed by atoms with E-state index in [0.717, 1.165) is 10.5 Å². The van der Waals surface area contributed by atoms with Crippen LogP contribution in [0.4, 0.5) is 0 Å². The van der Waals surface area contributed by atoms with Gasteiger partial charge in [0.2, 0.25) is 0 Å². The lowest BCUT2D eigenvalue weighted by atomic mass is 10.1. The molecule has 0 N–H and O–H groups in total. The molecule has 0 bridgehead atoms. The van der Waals surface area contributed by atoms with Crippen molar-refractivity contribution in [1.82, 2.24) is 0 Å². The van der Waals surface area contributed by atoms with Crippen LogP contribution in [0.5, 0.6) is 0 Å². The van der Waals surface area contributed by atoms with Crippen molar-refractivity contribution in [3.8, 4) is 0 Å². The van der Waals surface area contributed by atoms with Crippen LogP contribution < -0.4 is 0 Å². The lowest BCUT2D eigenvalue weighted by molar-refractivity contribution is -0.140. The lowest BCUT2D eigenvalue weighted by Gasteiger charge is -2.13. The van der Waals surface area contributed by atoms with Crippen LogP contribution in [0.1, 0.15) is 18.9 Å². The fourth-order valence-electron chi connectivity index (χ4n) is 1.86. The van der Waals surface area contributed by atoms with E-state index in [2.05, 4.69) is 0 Å². The number of ether oxygens (including phenoxy) is 1. The van der Waals surface area contributed by atoms with Gasteiger partial charge in [-0.1, -0.05) is 24.6 Å². The molecule has 3 nitrogen and oxygen atoms in total. The van der Waals surface area contributed by atoms with E-state index in [1.807, 2.05) is 38.1 Å². The van der Waals surface area contributed by atoms with Crippen LogP contribution in [-0.2, 0) is 20.3 Å². The molecule has 3 atom stereocenters. The topological polar surface area (TPSA) is 43.4 Å². The predicted octanol–water partition coefficient (Wildman–Crippen LogP) is 2.05. The third kappa shape index (κ3) is 2.94. The van der Waals surface area contributed by atoms with Gasteiger partial charge in [0, 0.05) is 10.8 Å². The van der Waals surface area contributed by atoms with Crippen molar-refractivity contribution in [3.05, 3.63) is 29.8 Å². The molecule has 4 heteroatoms. The average Bonchev–Trinajstić information content (AvgIpc) is 2.58. The average molecular weight is 252 g/mol. The monoisotopic (exact) mass is 252 g/mol. The number of carbonyl (C=O) groups excluding carboxylic acids is 1. The van der Waals surface area contributed by atoms with Gasteiger partial charge < -0.3 is 4.74 Å². The minimum absolute atomic E-state index is 0.164. The van der Waals surface area contributed by atoms with Crippen molar-refractivity contribution in [3.63, 3.8) is 0 Å². The fraction of sp³-hybridized carbons (Fsp3) is 0.462. The van der Waals surface area contributed by atoms with E-state index in [1.165, 1.54) is 0 Å². The molecule has 1 heterocycles. The van der Waals surface area contributed by atoms with Crippen LogP contribution in [-0.4, -0.2) is 22.0 Å². The quantitative estimate of drug-likeness (QED) is 0.773. The first-order valence-corrected chi connectivity index (χ1v) is 7.02. The third-order valence-corrected chi connectivity index (χ3v) is 4.43. The minimum Gasteiger partial charge on any atom is -0.461 e. The largest absolute Gasteiger partial charge is 0.461 e. The van der Waals surface area contributed by atoms with Gasteiger partial charge in [0.25, 0.3) is 0 Å². The summed E-state index contributed by atoms with van der Waals surface area (Å²) < 4.78 is 17.2. The third-order valence-electron chi connectivity index (χ3n) is 3.01. The fourth-order valence-corrected chi connectivity index (χ4v) is 3.19. The van der Waals surface area contributed by atoms with E-state index in [-0.39, 0.29) is 18.0 Å². The van der Waals surface area contributed by atoms with Crippen LogP contribution in [0.3, 0.4) is 0 Å². The molecule has 0 radical (unpaired) electrons. The normalized spacial score (nSPS) is 25.6. The second-order valence-electron chi connectivity index (χ2n) is 4.53. The van der Waals surface area contributed by atoms with Crippen LogP contribution in [0.25, 0.3) is 0 Å². The molecule has 1 aromatic carbocycles. The summed E-state index contributed by atoms with van der Waals surface area (Å²) in [5.74, 6) is 0.385. The molecule has 0 aliphatic carbocycles. The van der Waals surface area contributed by atoms with E-state index < -0.39 is 10.8 Å². The molecule has 2 rings (SSSR count). The SMILES string of the molecule is Cc1ccc([S@](=O)C[C@H]2OC(=O)C[C@@H]2C)cc1. The summed E-state index contributed by atoms with van der Waals surface area (Å²) in [6.45, 7) is 3.95. The number of benzene rings is 1. The molecule has 1 aromatic rings. The van der Waals surface area contributed by atoms with Gasteiger partial charge >= 0.3 is 5.97 Å². The Balaban J connectivity index is 2.02. The molecule has 1 aliphatic rings.